The molecule has 1 heterocycles. The van der Waals surface area contributed by atoms with E-state index >= 15 is 0 Å². The molecule has 0 aromatic heterocycles. The number of carbonyl (C=O) groups is 2. The minimum absolute atomic E-state index is 0.0300. The number of imide groups is 1. The van der Waals surface area contributed by atoms with Gasteiger partial charge in [0.1, 0.15) is 13.2 Å². The molecule has 1 rings (SSSR count). The molecule has 0 N–H and O–H groups in total. The molecule has 1 fully saturated rings. The van der Waals surface area contributed by atoms with Crippen molar-refractivity contribution in [2.45, 2.75) is 0 Å². The molecule has 1 aliphatic rings. The maximum absolute atomic E-state index is 10.7. The molecule has 0 unspecified atom stereocenters. The van der Waals surface area contributed by atoms with E-state index in [-0.39, 0.29) is 25.0 Å². The van der Waals surface area contributed by atoms with Crippen molar-refractivity contribution in [1.82, 2.24) is 4.90 Å². The van der Waals surface area contributed by atoms with E-state index in [4.69, 9.17) is 0 Å². The van der Waals surface area contributed by atoms with Crippen LogP contribution in [-0.4, -0.2) is 29.9 Å². The van der Waals surface area contributed by atoms with Gasteiger partial charge in [0, 0.05) is 6.20 Å². The summed E-state index contributed by atoms with van der Waals surface area (Å²) in [6.45, 7) is 3.25. The van der Waals surface area contributed by atoms with Crippen molar-refractivity contribution in [3.63, 3.8) is 0 Å². The molecule has 4 nitrogen and oxygen atoms in total. The molecule has 0 radical (unpaired) electrons. The summed E-state index contributed by atoms with van der Waals surface area (Å²) in [6, 6.07) is 0. The standard InChI is InChI=1S/C6H7NO3/c1-2-7-5(8)3-10-4-6(7)9/h2H,1,3-4H2. The van der Waals surface area contributed by atoms with Crippen LogP contribution in [0.2, 0.25) is 0 Å². The number of morpholine rings is 1. The summed E-state index contributed by atoms with van der Waals surface area (Å²) in [6.07, 6.45) is 1.20. The number of carbonyl (C=O) groups excluding carboxylic acids is 2. The number of nitrogens with zero attached hydrogens (tertiary/aromatic N) is 1. The Hall–Kier alpha value is -1.16. The lowest BCUT2D eigenvalue weighted by Gasteiger charge is -2.20. The summed E-state index contributed by atoms with van der Waals surface area (Å²) in [4.78, 5) is 22.5. The van der Waals surface area contributed by atoms with Crippen LogP contribution in [0.5, 0.6) is 0 Å². The number of ether oxygens (including phenoxy) is 1. The third kappa shape index (κ3) is 1.06. The Balaban J connectivity index is 2.71. The lowest BCUT2D eigenvalue weighted by molar-refractivity contribution is -0.154. The van der Waals surface area contributed by atoms with Crippen molar-refractivity contribution in [2.75, 3.05) is 13.2 Å². The predicted molar refractivity (Wildman–Crippen MR) is 32.9 cm³/mol. The Bertz CT molecular complexity index is 171. The fourth-order valence-corrected chi connectivity index (χ4v) is 0.707. The highest BCUT2D eigenvalue weighted by molar-refractivity contribution is 5.99. The second-order valence-electron chi connectivity index (χ2n) is 1.83. The fourth-order valence-electron chi connectivity index (χ4n) is 0.707. The van der Waals surface area contributed by atoms with Crippen LogP contribution in [0.25, 0.3) is 0 Å². The quantitative estimate of drug-likeness (QED) is 0.463. The fraction of sp³-hybridized carbons (Fsp3) is 0.333. The van der Waals surface area contributed by atoms with Crippen LogP contribution in [0.3, 0.4) is 0 Å². The van der Waals surface area contributed by atoms with Gasteiger partial charge in [-0.3, -0.25) is 14.5 Å². The zero-order valence-corrected chi connectivity index (χ0v) is 5.37. The van der Waals surface area contributed by atoms with Crippen LogP contribution < -0.4 is 0 Å². The molecule has 0 aromatic carbocycles. The highest BCUT2D eigenvalue weighted by Crippen LogP contribution is 1.99. The molecular weight excluding hydrogens is 134 g/mol. The van der Waals surface area contributed by atoms with Crippen LogP contribution in [0.15, 0.2) is 12.8 Å². The molecule has 4 heteroatoms. The normalized spacial score (nSPS) is 19.4. The lowest BCUT2D eigenvalue weighted by Crippen LogP contribution is -2.42. The van der Waals surface area contributed by atoms with Crippen molar-refractivity contribution in [2.24, 2.45) is 0 Å². The van der Waals surface area contributed by atoms with E-state index in [9.17, 15) is 9.59 Å². The molecule has 0 bridgehead atoms. The van der Waals surface area contributed by atoms with Gasteiger partial charge in [-0.25, -0.2) is 0 Å². The van der Waals surface area contributed by atoms with Gasteiger partial charge < -0.3 is 4.74 Å². The molecule has 10 heavy (non-hydrogen) atoms. The van der Waals surface area contributed by atoms with Gasteiger partial charge in [-0.15, -0.1) is 0 Å². The average molecular weight is 141 g/mol. The van der Waals surface area contributed by atoms with Gasteiger partial charge in [0.05, 0.1) is 0 Å². The molecule has 0 aliphatic carbocycles. The van der Waals surface area contributed by atoms with Gasteiger partial charge >= 0.3 is 0 Å². The summed E-state index contributed by atoms with van der Waals surface area (Å²) < 4.78 is 4.64. The Kier molecular flexibility index (Phi) is 1.82. The summed E-state index contributed by atoms with van der Waals surface area (Å²) in [5.41, 5.74) is 0. The van der Waals surface area contributed by atoms with Crippen LogP contribution >= 0.6 is 0 Å². The second-order valence-corrected chi connectivity index (χ2v) is 1.83. The first-order valence-corrected chi connectivity index (χ1v) is 2.81. The van der Waals surface area contributed by atoms with Gasteiger partial charge in [0.15, 0.2) is 0 Å². The molecule has 0 atom stereocenters. The van der Waals surface area contributed by atoms with Crippen molar-refractivity contribution in [3.05, 3.63) is 12.8 Å². The number of amides is 2. The summed E-state index contributed by atoms with van der Waals surface area (Å²) in [7, 11) is 0. The van der Waals surface area contributed by atoms with Crippen LogP contribution in [0.1, 0.15) is 0 Å². The first-order chi connectivity index (χ1) is 4.75. The van der Waals surface area contributed by atoms with E-state index in [1.165, 1.54) is 6.20 Å². The van der Waals surface area contributed by atoms with Crippen molar-refractivity contribution >= 4 is 11.8 Å². The van der Waals surface area contributed by atoms with E-state index in [2.05, 4.69) is 11.3 Å². The first-order valence-electron chi connectivity index (χ1n) is 2.81. The molecule has 0 aromatic rings. The summed E-state index contributed by atoms with van der Waals surface area (Å²) in [5, 5.41) is 0. The molecule has 0 saturated carbocycles. The lowest BCUT2D eigenvalue weighted by atomic mass is 10.4. The molecule has 0 spiro atoms. The van der Waals surface area contributed by atoms with E-state index in [0.29, 0.717) is 0 Å². The van der Waals surface area contributed by atoms with Gasteiger partial charge in [-0.05, 0) is 0 Å². The number of rotatable bonds is 1. The molecule has 54 valence electrons. The number of hydrogen-bond acceptors (Lipinski definition) is 3. The van der Waals surface area contributed by atoms with Crippen LogP contribution in [0.4, 0.5) is 0 Å². The van der Waals surface area contributed by atoms with Crippen molar-refractivity contribution in [1.29, 1.82) is 0 Å². The molecule has 1 aliphatic heterocycles. The van der Waals surface area contributed by atoms with E-state index in [1.54, 1.807) is 0 Å². The molecule has 1 saturated heterocycles. The Morgan fingerprint density at radius 1 is 1.40 bits per heavy atom. The van der Waals surface area contributed by atoms with E-state index in [0.717, 1.165) is 4.90 Å². The minimum Gasteiger partial charge on any atom is -0.362 e. The van der Waals surface area contributed by atoms with Crippen LogP contribution in [-0.2, 0) is 14.3 Å². The highest BCUT2D eigenvalue weighted by atomic mass is 16.5. The van der Waals surface area contributed by atoms with Gasteiger partial charge in [-0.2, -0.15) is 0 Å². The SMILES string of the molecule is C=CN1C(=O)COCC1=O. The zero-order valence-electron chi connectivity index (χ0n) is 5.37. The molecular formula is C6H7NO3. The molecule has 2 amide bonds. The Morgan fingerprint density at radius 3 is 2.20 bits per heavy atom. The van der Waals surface area contributed by atoms with Gasteiger partial charge in [-0.1, -0.05) is 6.58 Å². The summed E-state index contributed by atoms with van der Waals surface area (Å²) >= 11 is 0. The largest absolute Gasteiger partial charge is 0.362 e. The maximum Gasteiger partial charge on any atom is 0.259 e. The maximum atomic E-state index is 10.7. The third-order valence-corrected chi connectivity index (χ3v) is 1.17. The zero-order chi connectivity index (χ0) is 7.56. The predicted octanol–water partition coefficient (Wildman–Crippen LogP) is -0.485. The van der Waals surface area contributed by atoms with E-state index < -0.39 is 0 Å². The van der Waals surface area contributed by atoms with Crippen molar-refractivity contribution in [3.8, 4) is 0 Å². The minimum atomic E-state index is -0.355. The Morgan fingerprint density at radius 2 is 1.90 bits per heavy atom. The van der Waals surface area contributed by atoms with Crippen molar-refractivity contribution < 1.29 is 14.3 Å². The average Bonchev–Trinajstić information content (AvgIpc) is 1.88. The summed E-state index contributed by atoms with van der Waals surface area (Å²) in [5.74, 6) is -0.711. The van der Waals surface area contributed by atoms with Gasteiger partial charge in [0.25, 0.3) is 11.8 Å². The topological polar surface area (TPSA) is 46.6 Å². The van der Waals surface area contributed by atoms with Gasteiger partial charge in [0.2, 0.25) is 0 Å². The number of hydrogen-bond donors (Lipinski definition) is 0. The first kappa shape index (κ1) is 6.95. The van der Waals surface area contributed by atoms with E-state index in [1.807, 2.05) is 0 Å². The Labute approximate surface area is 58.1 Å². The van der Waals surface area contributed by atoms with Crippen LogP contribution in [0, 0.1) is 0 Å². The highest BCUT2D eigenvalue weighted by Gasteiger charge is 2.23. The second kappa shape index (κ2) is 2.62. The third-order valence-electron chi connectivity index (χ3n) is 1.17. The monoisotopic (exact) mass is 141 g/mol. The smallest absolute Gasteiger partial charge is 0.259 e.